The normalized spacial score (nSPS) is 27.9. The van der Waals surface area contributed by atoms with E-state index in [9.17, 15) is 0 Å². The Morgan fingerprint density at radius 2 is 1.81 bits per heavy atom. The SMILES string of the molecule is COc1ccccc1C1CC(NC(C)C2CCCCC2)C1. The molecule has 2 heteroatoms. The minimum atomic E-state index is 0.678. The average molecular weight is 287 g/mol. The lowest BCUT2D eigenvalue weighted by molar-refractivity contribution is 0.209. The molecule has 116 valence electrons. The Balaban J connectivity index is 1.49. The molecule has 0 amide bonds. The van der Waals surface area contributed by atoms with Gasteiger partial charge in [-0.3, -0.25) is 0 Å². The van der Waals surface area contributed by atoms with E-state index < -0.39 is 0 Å². The second-order valence-electron chi connectivity index (χ2n) is 6.96. The van der Waals surface area contributed by atoms with Gasteiger partial charge in [0.15, 0.2) is 0 Å². The van der Waals surface area contributed by atoms with Crippen molar-refractivity contribution >= 4 is 0 Å². The molecule has 1 atom stereocenters. The third-order valence-corrected chi connectivity index (χ3v) is 5.57. The minimum Gasteiger partial charge on any atom is -0.496 e. The number of methoxy groups -OCH3 is 1. The number of ether oxygens (including phenoxy) is 1. The van der Waals surface area contributed by atoms with Crippen molar-refractivity contribution in [1.82, 2.24) is 5.32 Å². The zero-order chi connectivity index (χ0) is 14.7. The van der Waals surface area contributed by atoms with Crippen molar-refractivity contribution in [2.45, 2.75) is 69.9 Å². The third kappa shape index (κ3) is 3.42. The van der Waals surface area contributed by atoms with Crippen molar-refractivity contribution in [3.63, 3.8) is 0 Å². The zero-order valence-electron chi connectivity index (χ0n) is 13.5. The van der Waals surface area contributed by atoms with E-state index in [1.807, 2.05) is 0 Å². The Kier molecular flexibility index (Phi) is 4.84. The first kappa shape index (κ1) is 14.9. The second-order valence-corrected chi connectivity index (χ2v) is 6.96. The molecule has 0 spiro atoms. The molecule has 1 aromatic carbocycles. The van der Waals surface area contributed by atoms with E-state index >= 15 is 0 Å². The van der Waals surface area contributed by atoms with Crippen LogP contribution in [0.1, 0.15) is 63.4 Å². The van der Waals surface area contributed by atoms with Crippen LogP contribution in [0.2, 0.25) is 0 Å². The number of hydrogen-bond acceptors (Lipinski definition) is 2. The van der Waals surface area contributed by atoms with Gasteiger partial charge in [-0.25, -0.2) is 0 Å². The third-order valence-electron chi connectivity index (χ3n) is 5.57. The summed E-state index contributed by atoms with van der Waals surface area (Å²) in [6, 6.07) is 9.89. The first-order valence-corrected chi connectivity index (χ1v) is 8.67. The van der Waals surface area contributed by atoms with Crippen LogP contribution in [0.5, 0.6) is 5.75 Å². The molecule has 0 radical (unpaired) electrons. The monoisotopic (exact) mass is 287 g/mol. The molecular formula is C19H29NO. The van der Waals surface area contributed by atoms with E-state index in [2.05, 4.69) is 36.5 Å². The largest absolute Gasteiger partial charge is 0.496 e. The first-order valence-electron chi connectivity index (χ1n) is 8.67. The molecular weight excluding hydrogens is 258 g/mol. The van der Waals surface area contributed by atoms with Crippen molar-refractivity contribution in [2.24, 2.45) is 5.92 Å². The standard InChI is InChI=1S/C19H29NO/c1-14(15-8-4-3-5-9-15)20-17-12-16(13-17)18-10-6-7-11-19(18)21-2/h6-7,10-11,14-17,20H,3-5,8-9,12-13H2,1-2H3. The summed E-state index contributed by atoms with van der Waals surface area (Å²) >= 11 is 0. The number of hydrogen-bond donors (Lipinski definition) is 1. The topological polar surface area (TPSA) is 21.3 Å². The van der Waals surface area contributed by atoms with Crippen molar-refractivity contribution in [3.05, 3.63) is 29.8 Å². The number of para-hydroxylation sites is 1. The fraction of sp³-hybridized carbons (Fsp3) is 0.684. The van der Waals surface area contributed by atoms with Gasteiger partial charge < -0.3 is 10.1 Å². The molecule has 1 N–H and O–H groups in total. The highest BCUT2D eigenvalue weighted by Crippen LogP contribution is 2.41. The van der Waals surface area contributed by atoms with Gasteiger partial charge in [0.25, 0.3) is 0 Å². The molecule has 2 nitrogen and oxygen atoms in total. The van der Waals surface area contributed by atoms with E-state index in [1.165, 1.54) is 50.5 Å². The van der Waals surface area contributed by atoms with Gasteiger partial charge in [0.1, 0.15) is 5.75 Å². The van der Waals surface area contributed by atoms with Gasteiger partial charge in [0, 0.05) is 12.1 Å². The molecule has 0 bridgehead atoms. The van der Waals surface area contributed by atoms with Crippen LogP contribution in [-0.2, 0) is 0 Å². The Morgan fingerprint density at radius 3 is 2.52 bits per heavy atom. The van der Waals surface area contributed by atoms with E-state index in [0.717, 1.165) is 11.7 Å². The van der Waals surface area contributed by atoms with Gasteiger partial charge >= 0.3 is 0 Å². The molecule has 2 aliphatic carbocycles. The molecule has 2 saturated carbocycles. The van der Waals surface area contributed by atoms with Gasteiger partial charge in [-0.2, -0.15) is 0 Å². The summed E-state index contributed by atoms with van der Waals surface area (Å²) in [7, 11) is 1.78. The lowest BCUT2D eigenvalue weighted by Gasteiger charge is -2.40. The summed E-state index contributed by atoms with van der Waals surface area (Å²) in [4.78, 5) is 0. The van der Waals surface area contributed by atoms with Crippen LogP contribution in [0.4, 0.5) is 0 Å². The van der Waals surface area contributed by atoms with E-state index in [1.54, 1.807) is 7.11 Å². The fourth-order valence-corrected chi connectivity index (χ4v) is 4.15. The van der Waals surface area contributed by atoms with Crippen LogP contribution in [0.25, 0.3) is 0 Å². The predicted octanol–water partition coefficient (Wildman–Crippen LogP) is 4.50. The van der Waals surface area contributed by atoms with Gasteiger partial charge in [0.05, 0.1) is 7.11 Å². The fourth-order valence-electron chi connectivity index (χ4n) is 4.15. The lowest BCUT2D eigenvalue weighted by Crippen LogP contribution is -2.47. The highest BCUT2D eigenvalue weighted by Gasteiger charge is 2.33. The summed E-state index contributed by atoms with van der Waals surface area (Å²) in [5.74, 6) is 2.64. The van der Waals surface area contributed by atoms with Crippen LogP contribution in [0.3, 0.4) is 0 Å². The van der Waals surface area contributed by atoms with Crippen molar-refractivity contribution in [3.8, 4) is 5.75 Å². The van der Waals surface area contributed by atoms with Crippen LogP contribution >= 0.6 is 0 Å². The number of benzene rings is 1. The van der Waals surface area contributed by atoms with E-state index in [-0.39, 0.29) is 0 Å². The number of rotatable bonds is 5. The van der Waals surface area contributed by atoms with Gasteiger partial charge in [-0.1, -0.05) is 37.5 Å². The molecule has 0 aromatic heterocycles. The van der Waals surface area contributed by atoms with Crippen molar-refractivity contribution < 1.29 is 4.74 Å². The highest BCUT2D eigenvalue weighted by atomic mass is 16.5. The summed E-state index contributed by atoms with van der Waals surface area (Å²) in [6.45, 7) is 2.40. The van der Waals surface area contributed by atoms with Gasteiger partial charge in [-0.15, -0.1) is 0 Å². The quantitative estimate of drug-likeness (QED) is 0.861. The average Bonchev–Trinajstić information content (AvgIpc) is 2.51. The maximum absolute atomic E-state index is 5.49. The smallest absolute Gasteiger partial charge is 0.122 e. The summed E-state index contributed by atoms with van der Waals surface area (Å²) < 4.78 is 5.49. The molecule has 0 aliphatic heterocycles. The maximum Gasteiger partial charge on any atom is 0.122 e. The van der Waals surface area contributed by atoms with Crippen LogP contribution in [0, 0.1) is 5.92 Å². The maximum atomic E-state index is 5.49. The highest BCUT2D eigenvalue weighted by molar-refractivity contribution is 5.37. The molecule has 0 saturated heterocycles. The molecule has 0 heterocycles. The minimum absolute atomic E-state index is 0.678. The Hall–Kier alpha value is -1.02. The molecule has 2 aliphatic rings. The van der Waals surface area contributed by atoms with Crippen molar-refractivity contribution in [2.75, 3.05) is 7.11 Å². The van der Waals surface area contributed by atoms with E-state index in [0.29, 0.717) is 18.0 Å². The zero-order valence-corrected chi connectivity index (χ0v) is 13.5. The van der Waals surface area contributed by atoms with Crippen LogP contribution in [-0.4, -0.2) is 19.2 Å². The summed E-state index contributed by atoms with van der Waals surface area (Å²) in [6.07, 6.45) is 9.70. The molecule has 1 aromatic rings. The Bertz CT molecular complexity index is 447. The molecule has 2 fully saturated rings. The van der Waals surface area contributed by atoms with E-state index in [4.69, 9.17) is 4.74 Å². The molecule has 21 heavy (non-hydrogen) atoms. The molecule has 1 unspecified atom stereocenters. The first-order chi connectivity index (χ1) is 10.3. The van der Waals surface area contributed by atoms with Gasteiger partial charge in [-0.05, 0) is 56.1 Å². The Morgan fingerprint density at radius 1 is 1.10 bits per heavy atom. The van der Waals surface area contributed by atoms with Gasteiger partial charge in [0.2, 0.25) is 0 Å². The van der Waals surface area contributed by atoms with Crippen LogP contribution in [0.15, 0.2) is 24.3 Å². The predicted molar refractivity (Wildman–Crippen MR) is 87.9 cm³/mol. The summed E-state index contributed by atoms with van der Waals surface area (Å²) in [5.41, 5.74) is 1.39. The number of nitrogens with one attached hydrogen (secondary N) is 1. The Labute approximate surface area is 129 Å². The van der Waals surface area contributed by atoms with Crippen LogP contribution < -0.4 is 10.1 Å². The lowest BCUT2D eigenvalue weighted by atomic mass is 9.74. The molecule has 3 rings (SSSR count). The summed E-state index contributed by atoms with van der Waals surface area (Å²) in [5, 5.41) is 3.88. The van der Waals surface area contributed by atoms with Crippen molar-refractivity contribution in [1.29, 1.82) is 0 Å². The second kappa shape index (κ2) is 6.83.